The maximum atomic E-state index is 13.3. The maximum absolute atomic E-state index is 13.3. The van der Waals surface area contributed by atoms with E-state index in [-0.39, 0.29) is 29.7 Å². The number of nitrogens with zero attached hydrogens (tertiary/aromatic N) is 6. The molecule has 152 valence electrons. The van der Waals surface area contributed by atoms with E-state index < -0.39 is 0 Å². The third-order valence-corrected chi connectivity index (χ3v) is 6.10. The second-order valence-corrected chi connectivity index (χ2v) is 7.89. The Bertz CT molecular complexity index is 1290. The molecule has 4 aromatic rings. The largest absolute Gasteiger partial charge is 0.473 e. The van der Waals surface area contributed by atoms with Crippen molar-refractivity contribution < 1.29 is 9.13 Å². The molecule has 1 unspecified atom stereocenters. The average molecular weight is 406 g/mol. The summed E-state index contributed by atoms with van der Waals surface area (Å²) in [6.07, 6.45) is 6.25. The van der Waals surface area contributed by atoms with Crippen LogP contribution in [0.15, 0.2) is 53.7 Å². The van der Waals surface area contributed by atoms with Gasteiger partial charge >= 0.3 is 5.69 Å². The molecule has 4 heterocycles. The minimum Gasteiger partial charge on any atom is -0.473 e. The van der Waals surface area contributed by atoms with Crippen molar-refractivity contribution in [3.63, 3.8) is 0 Å². The number of benzene rings is 1. The molecule has 0 saturated heterocycles. The summed E-state index contributed by atoms with van der Waals surface area (Å²) >= 11 is 0. The Balaban J connectivity index is 1.20. The smallest absolute Gasteiger partial charge is 0.346 e. The Labute approximate surface area is 170 Å². The summed E-state index contributed by atoms with van der Waals surface area (Å²) in [5, 5.41) is 8.74. The van der Waals surface area contributed by atoms with Gasteiger partial charge in [-0.2, -0.15) is 15.2 Å². The van der Waals surface area contributed by atoms with E-state index in [4.69, 9.17) is 4.74 Å². The molecule has 1 fully saturated rings. The summed E-state index contributed by atoms with van der Waals surface area (Å²) in [6.45, 7) is 0. The van der Waals surface area contributed by atoms with E-state index in [9.17, 15) is 9.18 Å². The number of hydrogen-bond donors (Lipinski definition) is 0. The van der Waals surface area contributed by atoms with Gasteiger partial charge in [-0.05, 0) is 36.2 Å². The van der Waals surface area contributed by atoms with Crippen LogP contribution in [-0.2, 0) is 6.42 Å². The Hall–Kier alpha value is -3.49. The van der Waals surface area contributed by atoms with Crippen LogP contribution in [0, 0.1) is 5.82 Å². The fourth-order valence-electron chi connectivity index (χ4n) is 4.48. The van der Waals surface area contributed by atoms with Crippen molar-refractivity contribution in [1.82, 2.24) is 28.9 Å². The molecule has 2 aliphatic rings. The van der Waals surface area contributed by atoms with Crippen LogP contribution in [-0.4, -0.2) is 35.0 Å². The molecule has 9 heteroatoms. The lowest BCUT2D eigenvalue weighted by molar-refractivity contribution is 0.0593. The second kappa shape index (κ2) is 6.51. The molecular formula is C21H19FN6O2. The number of ether oxygens (including phenoxy) is 1. The zero-order chi connectivity index (χ0) is 20.2. The van der Waals surface area contributed by atoms with Crippen molar-refractivity contribution >= 4 is 5.52 Å². The highest BCUT2D eigenvalue weighted by Gasteiger charge is 2.38. The molecule has 0 radical (unpaired) electrons. The molecule has 1 atom stereocenters. The predicted octanol–water partition coefficient (Wildman–Crippen LogP) is 2.54. The molecule has 8 nitrogen and oxygen atoms in total. The van der Waals surface area contributed by atoms with E-state index >= 15 is 0 Å². The molecule has 0 bridgehead atoms. The SMILES string of the molecule is O=c1n(C2CC(Oc3ncnn4cccc34)C2)nc2n1C(c1ccc(F)cc1)CC2. The van der Waals surface area contributed by atoms with Gasteiger partial charge in [0.15, 0.2) is 0 Å². The summed E-state index contributed by atoms with van der Waals surface area (Å²) in [5.74, 6) is 1.07. The van der Waals surface area contributed by atoms with Crippen LogP contribution in [0.2, 0.25) is 0 Å². The van der Waals surface area contributed by atoms with Gasteiger partial charge in [0.1, 0.15) is 29.6 Å². The highest BCUT2D eigenvalue weighted by Crippen LogP contribution is 2.36. The van der Waals surface area contributed by atoms with Crippen molar-refractivity contribution in [2.75, 3.05) is 0 Å². The molecule has 1 aromatic carbocycles. The van der Waals surface area contributed by atoms with Gasteiger partial charge in [-0.15, -0.1) is 0 Å². The highest BCUT2D eigenvalue weighted by atomic mass is 19.1. The van der Waals surface area contributed by atoms with Gasteiger partial charge < -0.3 is 4.74 Å². The quantitative estimate of drug-likeness (QED) is 0.520. The lowest BCUT2D eigenvalue weighted by Crippen LogP contribution is -2.41. The van der Waals surface area contributed by atoms with Crippen molar-refractivity contribution in [3.05, 3.63) is 76.6 Å². The molecule has 3 aromatic heterocycles. The van der Waals surface area contributed by atoms with Crippen LogP contribution < -0.4 is 10.4 Å². The first-order valence-corrected chi connectivity index (χ1v) is 10.1. The van der Waals surface area contributed by atoms with Crippen molar-refractivity contribution in [3.8, 4) is 5.88 Å². The summed E-state index contributed by atoms with van der Waals surface area (Å²) in [6, 6.07) is 10.1. The lowest BCUT2D eigenvalue weighted by Gasteiger charge is -2.34. The first-order valence-electron chi connectivity index (χ1n) is 10.1. The van der Waals surface area contributed by atoms with E-state index in [1.807, 2.05) is 18.3 Å². The summed E-state index contributed by atoms with van der Waals surface area (Å²) in [5.41, 5.74) is 1.66. The molecule has 0 spiro atoms. The van der Waals surface area contributed by atoms with Gasteiger partial charge in [-0.1, -0.05) is 12.1 Å². The van der Waals surface area contributed by atoms with Crippen molar-refractivity contribution in [2.24, 2.45) is 0 Å². The fourth-order valence-corrected chi connectivity index (χ4v) is 4.48. The standard InChI is InChI=1S/C21H19FN6O2/c22-14-5-3-13(4-6-14)17-7-8-19-25-28(21(29)27(17)19)15-10-16(11-15)30-20-18-2-1-9-26(18)24-12-23-20/h1-6,9,12,15-17H,7-8,10-11H2. The molecule has 6 rings (SSSR count). The van der Waals surface area contributed by atoms with Crippen molar-refractivity contribution in [1.29, 1.82) is 0 Å². The van der Waals surface area contributed by atoms with Gasteiger partial charge in [-0.3, -0.25) is 4.57 Å². The van der Waals surface area contributed by atoms with Crippen LogP contribution in [0.4, 0.5) is 4.39 Å². The molecule has 0 N–H and O–H groups in total. The Kier molecular flexibility index (Phi) is 3.77. The molecule has 1 saturated carbocycles. The van der Waals surface area contributed by atoms with Gasteiger partial charge in [-0.25, -0.2) is 18.4 Å². The highest BCUT2D eigenvalue weighted by molar-refractivity contribution is 5.55. The van der Waals surface area contributed by atoms with Gasteiger partial charge in [0.05, 0.1) is 12.1 Å². The van der Waals surface area contributed by atoms with Crippen LogP contribution in [0.25, 0.3) is 5.52 Å². The number of hydrogen-bond acceptors (Lipinski definition) is 5. The number of aryl methyl sites for hydroxylation is 1. The Morgan fingerprint density at radius 3 is 2.80 bits per heavy atom. The second-order valence-electron chi connectivity index (χ2n) is 7.89. The fraction of sp³-hybridized carbons (Fsp3) is 0.333. The van der Waals surface area contributed by atoms with Crippen LogP contribution in [0.5, 0.6) is 5.88 Å². The Morgan fingerprint density at radius 1 is 1.13 bits per heavy atom. The monoisotopic (exact) mass is 406 g/mol. The summed E-state index contributed by atoms with van der Waals surface area (Å²) < 4.78 is 24.4. The number of aromatic nitrogens is 6. The first-order chi connectivity index (χ1) is 14.7. The van der Waals surface area contributed by atoms with Crippen LogP contribution in [0.3, 0.4) is 0 Å². The van der Waals surface area contributed by atoms with E-state index in [1.165, 1.54) is 18.5 Å². The van der Waals surface area contributed by atoms with Crippen LogP contribution >= 0.6 is 0 Å². The zero-order valence-electron chi connectivity index (χ0n) is 16.1. The molecule has 0 amide bonds. The number of rotatable bonds is 4. The van der Waals surface area contributed by atoms with E-state index in [2.05, 4.69) is 15.2 Å². The third kappa shape index (κ3) is 2.65. The van der Waals surface area contributed by atoms with Gasteiger partial charge in [0.2, 0.25) is 5.88 Å². The molecular weight excluding hydrogens is 387 g/mol. The zero-order valence-corrected chi connectivity index (χ0v) is 16.1. The Morgan fingerprint density at radius 2 is 1.97 bits per heavy atom. The van der Waals surface area contributed by atoms with E-state index in [1.54, 1.807) is 25.9 Å². The van der Waals surface area contributed by atoms with Gasteiger partial charge in [0, 0.05) is 25.5 Å². The normalized spacial score (nSPS) is 22.8. The van der Waals surface area contributed by atoms with Gasteiger partial charge in [0.25, 0.3) is 0 Å². The number of halogens is 1. The van der Waals surface area contributed by atoms with Crippen molar-refractivity contribution in [2.45, 2.75) is 43.9 Å². The first kappa shape index (κ1) is 17.4. The molecule has 30 heavy (non-hydrogen) atoms. The van der Waals surface area contributed by atoms with E-state index in [0.717, 1.165) is 29.7 Å². The summed E-state index contributed by atoms with van der Waals surface area (Å²) in [4.78, 5) is 17.3. The number of fused-ring (bicyclic) bond motifs is 2. The summed E-state index contributed by atoms with van der Waals surface area (Å²) in [7, 11) is 0. The minimum atomic E-state index is -0.276. The lowest BCUT2D eigenvalue weighted by atomic mass is 9.89. The predicted molar refractivity (Wildman–Crippen MR) is 105 cm³/mol. The topological polar surface area (TPSA) is 79.2 Å². The van der Waals surface area contributed by atoms with Crippen LogP contribution in [0.1, 0.15) is 42.7 Å². The van der Waals surface area contributed by atoms with E-state index in [0.29, 0.717) is 18.7 Å². The molecule has 1 aliphatic heterocycles. The average Bonchev–Trinajstić information content (AvgIpc) is 3.42. The maximum Gasteiger partial charge on any atom is 0.346 e. The minimum absolute atomic E-state index is 0.0131. The third-order valence-electron chi connectivity index (χ3n) is 6.10. The molecule has 1 aliphatic carbocycles.